The molecule has 2 aromatic carbocycles. The summed E-state index contributed by atoms with van der Waals surface area (Å²) < 4.78 is 20.5. The van der Waals surface area contributed by atoms with E-state index < -0.39 is 29.3 Å². The van der Waals surface area contributed by atoms with E-state index in [0.717, 1.165) is 12.0 Å². The zero-order valence-electron chi connectivity index (χ0n) is 22.3. The summed E-state index contributed by atoms with van der Waals surface area (Å²) in [5.74, 6) is -0.144. The third-order valence-corrected chi connectivity index (χ3v) is 8.02. The van der Waals surface area contributed by atoms with Crippen LogP contribution in [-0.2, 0) is 15.1 Å². The monoisotopic (exact) mass is 565 g/mol. The van der Waals surface area contributed by atoms with Crippen LogP contribution in [0.5, 0.6) is 0 Å². The number of amides is 3. The van der Waals surface area contributed by atoms with E-state index in [4.69, 9.17) is 22.1 Å². The third-order valence-electron chi connectivity index (χ3n) is 7.79. The molecule has 4 N–H and O–H groups in total. The minimum absolute atomic E-state index is 0.0141. The number of rotatable bonds is 9. The zero-order chi connectivity index (χ0) is 28.3. The fourth-order valence-electron chi connectivity index (χ4n) is 5.22. The van der Waals surface area contributed by atoms with Crippen LogP contribution in [0.3, 0.4) is 0 Å². The highest BCUT2D eigenvalue weighted by Crippen LogP contribution is 2.40. The minimum atomic E-state index is -0.882. The summed E-state index contributed by atoms with van der Waals surface area (Å²) >= 11 is 5.88. The molecule has 2 aliphatic rings. The Labute approximate surface area is 238 Å². The lowest BCUT2D eigenvalue weighted by Gasteiger charge is -2.32. The van der Waals surface area contributed by atoms with Gasteiger partial charge >= 0.3 is 6.03 Å². The topological polar surface area (TPSA) is 110 Å². The number of anilines is 2. The number of likely N-dealkylation sites (tertiary alicyclic amines) is 1. The van der Waals surface area contributed by atoms with Gasteiger partial charge in [-0.1, -0.05) is 60.8 Å². The van der Waals surface area contributed by atoms with Crippen molar-refractivity contribution in [1.82, 2.24) is 9.88 Å². The van der Waals surface area contributed by atoms with Crippen LogP contribution in [0.4, 0.5) is 20.7 Å². The first-order chi connectivity index (χ1) is 19.3. The van der Waals surface area contributed by atoms with Crippen LogP contribution in [0.2, 0.25) is 5.02 Å². The molecule has 3 aromatic rings. The highest BCUT2D eigenvalue weighted by molar-refractivity contribution is 6.30. The number of urea groups is 1. The molecule has 0 bridgehead atoms. The molecular formula is C30H33ClFN5O3. The maximum atomic E-state index is 15.1. The molecule has 0 spiro atoms. The molecule has 1 saturated carbocycles. The number of pyridine rings is 1. The van der Waals surface area contributed by atoms with Crippen LogP contribution >= 0.6 is 11.6 Å². The second kappa shape index (κ2) is 11.9. The fraction of sp³-hybridized carbons (Fsp3) is 0.367. The zero-order valence-corrected chi connectivity index (χ0v) is 23.0. The van der Waals surface area contributed by atoms with E-state index in [1.165, 1.54) is 37.1 Å². The molecule has 8 nitrogen and oxygen atoms in total. The number of halogens is 2. The third kappa shape index (κ3) is 6.27. The maximum Gasteiger partial charge on any atom is 0.323 e. The van der Waals surface area contributed by atoms with Crippen molar-refractivity contribution >= 4 is 35.0 Å². The summed E-state index contributed by atoms with van der Waals surface area (Å²) in [7, 11) is 1.52. The highest BCUT2D eigenvalue weighted by atomic mass is 35.5. The molecule has 2 fully saturated rings. The molecule has 0 radical (unpaired) electrons. The SMILES string of the molecule is CO[C@@H]1C[C@H](C(=O)Nc2cc(C(N)(CCC3CC3)c3ccccc3)ccc2F)N(C(=O)Nc2ccc(Cl)cn2)C1. The lowest BCUT2D eigenvalue weighted by atomic mass is 9.79. The van der Waals surface area contributed by atoms with Crippen molar-refractivity contribution in [3.8, 4) is 0 Å². The summed E-state index contributed by atoms with van der Waals surface area (Å²) in [6, 6.07) is 16.1. The van der Waals surface area contributed by atoms with E-state index in [-0.39, 0.29) is 24.8 Å². The fourth-order valence-corrected chi connectivity index (χ4v) is 5.33. The predicted molar refractivity (Wildman–Crippen MR) is 153 cm³/mol. The minimum Gasteiger partial charge on any atom is -0.380 e. The van der Waals surface area contributed by atoms with Gasteiger partial charge in [0.25, 0.3) is 0 Å². The van der Waals surface area contributed by atoms with Crippen molar-refractivity contribution in [2.45, 2.75) is 49.8 Å². The number of carbonyl (C=O) groups excluding carboxylic acids is 2. The first-order valence-electron chi connectivity index (χ1n) is 13.4. The molecule has 10 heteroatoms. The average molecular weight is 566 g/mol. The summed E-state index contributed by atoms with van der Waals surface area (Å²) in [5, 5.41) is 5.83. The summed E-state index contributed by atoms with van der Waals surface area (Å²) in [6.45, 7) is 0.192. The molecule has 40 heavy (non-hydrogen) atoms. The van der Waals surface area contributed by atoms with Gasteiger partial charge in [-0.15, -0.1) is 0 Å². The Hall–Kier alpha value is -3.53. The molecule has 1 unspecified atom stereocenters. The number of hydrogen-bond donors (Lipinski definition) is 3. The first-order valence-corrected chi connectivity index (χ1v) is 13.8. The number of carbonyl (C=O) groups is 2. The van der Waals surface area contributed by atoms with Gasteiger partial charge in [-0.2, -0.15) is 0 Å². The summed E-state index contributed by atoms with van der Waals surface area (Å²) in [6.07, 6.45) is 5.40. The summed E-state index contributed by atoms with van der Waals surface area (Å²) in [4.78, 5) is 32.0. The molecular weight excluding hydrogens is 533 g/mol. The normalized spacial score (nSPS) is 20.1. The van der Waals surface area contributed by atoms with E-state index in [9.17, 15) is 9.59 Å². The molecule has 5 rings (SSSR count). The lowest BCUT2D eigenvalue weighted by Crippen LogP contribution is -2.45. The van der Waals surface area contributed by atoms with Crippen molar-refractivity contribution < 1.29 is 18.7 Å². The Bertz CT molecular complexity index is 1360. The van der Waals surface area contributed by atoms with Crippen molar-refractivity contribution in [3.63, 3.8) is 0 Å². The van der Waals surface area contributed by atoms with Gasteiger partial charge in [0, 0.05) is 26.3 Å². The van der Waals surface area contributed by atoms with Crippen LogP contribution in [0.25, 0.3) is 0 Å². The van der Waals surface area contributed by atoms with E-state index in [0.29, 0.717) is 28.7 Å². The molecule has 3 atom stereocenters. The van der Waals surface area contributed by atoms with E-state index in [2.05, 4.69) is 15.6 Å². The molecule has 210 valence electrons. The number of nitrogens with two attached hydrogens (primary N) is 1. The average Bonchev–Trinajstić information content (AvgIpc) is 3.70. The molecule has 2 heterocycles. The smallest absolute Gasteiger partial charge is 0.323 e. The Kier molecular flexibility index (Phi) is 8.35. The Morgan fingerprint density at radius 2 is 1.90 bits per heavy atom. The molecule has 1 aliphatic carbocycles. The second-order valence-electron chi connectivity index (χ2n) is 10.6. The summed E-state index contributed by atoms with van der Waals surface area (Å²) in [5.41, 5.74) is 7.85. The van der Waals surface area contributed by atoms with Crippen molar-refractivity contribution in [2.75, 3.05) is 24.3 Å². The quantitative estimate of drug-likeness (QED) is 0.316. The Balaban J connectivity index is 1.37. The van der Waals surface area contributed by atoms with Crippen molar-refractivity contribution in [1.29, 1.82) is 0 Å². The highest BCUT2D eigenvalue weighted by Gasteiger charge is 2.40. The Morgan fingerprint density at radius 3 is 2.58 bits per heavy atom. The van der Waals surface area contributed by atoms with E-state index in [1.807, 2.05) is 30.3 Å². The lowest BCUT2D eigenvalue weighted by molar-refractivity contribution is -0.119. The molecule has 1 aromatic heterocycles. The van der Waals surface area contributed by atoms with Gasteiger partial charge in [-0.25, -0.2) is 14.2 Å². The van der Waals surface area contributed by atoms with Gasteiger partial charge in [-0.05, 0) is 54.2 Å². The van der Waals surface area contributed by atoms with Crippen LogP contribution in [0, 0.1) is 11.7 Å². The van der Waals surface area contributed by atoms with Gasteiger partial charge in [-0.3, -0.25) is 10.1 Å². The van der Waals surface area contributed by atoms with Crippen LogP contribution < -0.4 is 16.4 Å². The molecule has 3 amide bonds. The van der Waals surface area contributed by atoms with Crippen LogP contribution in [-0.4, -0.2) is 47.6 Å². The van der Waals surface area contributed by atoms with Crippen molar-refractivity contribution in [3.05, 3.63) is 88.8 Å². The van der Waals surface area contributed by atoms with E-state index in [1.54, 1.807) is 24.3 Å². The Morgan fingerprint density at radius 1 is 1.12 bits per heavy atom. The maximum absolute atomic E-state index is 15.1. The van der Waals surface area contributed by atoms with Crippen molar-refractivity contribution in [2.24, 2.45) is 11.7 Å². The first kappa shape index (κ1) is 28.0. The standard InChI is InChI=1S/C30H33ClFN5O3/c1-40-23-16-26(37(18-23)29(39)36-27-12-10-22(31)17-34-27)28(38)35-25-15-21(9-11-24(25)32)30(33,14-13-19-7-8-19)20-5-3-2-4-6-20/h2-6,9-12,15,17,19,23,26H,7-8,13-14,16,18,33H2,1H3,(H,35,38)(H,34,36,39)/t23-,26-,30?/m1/s1. The molecule has 1 saturated heterocycles. The molecule has 1 aliphatic heterocycles. The number of ether oxygens (including phenoxy) is 1. The number of benzene rings is 2. The number of methoxy groups -OCH3 is 1. The number of aromatic nitrogens is 1. The van der Waals surface area contributed by atoms with Crippen LogP contribution in [0.15, 0.2) is 66.9 Å². The van der Waals surface area contributed by atoms with Gasteiger partial charge in [0.05, 0.1) is 22.4 Å². The van der Waals surface area contributed by atoms with Crippen LogP contribution in [0.1, 0.15) is 43.2 Å². The second-order valence-corrected chi connectivity index (χ2v) is 11.0. The van der Waals surface area contributed by atoms with Gasteiger partial charge in [0.15, 0.2) is 0 Å². The number of nitrogens with zero attached hydrogens (tertiary/aromatic N) is 2. The van der Waals surface area contributed by atoms with Gasteiger partial charge in [0.1, 0.15) is 17.7 Å². The number of hydrogen-bond acceptors (Lipinski definition) is 5. The predicted octanol–water partition coefficient (Wildman–Crippen LogP) is 5.53. The van der Waals surface area contributed by atoms with Gasteiger partial charge < -0.3 is 20.7 Å². The largest absolute Gasteiger partial charge is 0.380 e. The van der Waals surface area contributed by atoms with Gasteiger partial charge in [0.2, 0.25) is 5.91 Å². The van der Waals surface area contributed by atoms with E-state index >= 15 is 4.39 Å². The number of nitrogens with one attached hydrogen (secondary N) is 2.